The summed E-state index contributed by atoms with van der Waals surface area (Å²) in [5.74, 6) is -0.625. The van der Waals surface area contributed by atoms with Gasteiger partial charge >= 0.3 is 0 Å². The minimum atomic E-state index is -3.71. The third-order valence-electron chi connectivity index (χ3n) is 2.51. The molecule has 0 aliphatic heterocycles. The van der Waals surface area contributed by atoms with Crippen molar-refractivity contribution in [1.82, 2.24) is 4.72 Å². The van der Waals surface area contributed by atoms with E-state index in [9.17, 15) is 12.8 Å². The maximum Gasteiger partial charge on any atom is 0.240 e. The van der Waals surface area contributed by atoms with Crippen LogP contribution in [0, 0.1) is 5.82 Å². The minimum absolute atomic E-state index is 0.0426. The van der Waals surface area contributed by atoms with Gasteiger partial charge in [0.15, 0.2) is 0 Å². The molecular weight excluding hydrogens is 289 g/mol. The number of rotatable bonds is 5. The van der Waals surface area contributed by atoms with Gasteiger partial charge in [-0.1, -0.05) is 6.07 Å². The van der Waals surface area contributed by atoms with E-state index in [4.69, 9.17) is 5.11 Å². The summed E-state index contributed by atoms with van der Waals surface area (Å²) < 4.78 is 39.6. The molecule has 0 spiro atoms. The lowest BCUT2D eigenvalue weighted by molar-refractivity contribution is 0.275. The monoisotopic (exact) mass is 301 g/mol. The number of benzene rings is 1. The Hall–Kier alpha value is -1.28. The van der Waals surface area contributed by atoms with Crippen molar-refractivity contribution in [2.75, 3.05) is 0 Å². The lowest BCUT2D eigenvalue weighted by atomic mass is 10.2. The highest BCUT2D eigenvalue weighted by molar-refractivity contribution is 7.89. The number of aliphatic hydroxyl groups excluding tert-OH is 1. The standard InChI is InChI=1S/C12H12FNO3S2/c13-12-4-3-11(6-9(12)8-15)19(16,17)14-7-10-2-1-5-18-10/h1-6,14-15H,7-8H2. The molecule has 1 aromatic heterocycles. The number of aliphatic hydroxyl groups is 1. The second-order valence-electron chi connectivity index (χ2n) is 3.82. The first-order valence-corrected chi connectivity index (χ1v) is 7.80. The Balaban J connectivity index is 2.19. The Morgan fingerprint density at radius 1 is 1.32 bits per heavy atom. The molecule has 7 heteroatoms. The molecule has 2 aromatic rings. The molecule has 0 unspecified atom stereocenters. The first kappa shape index (κ1) is 14.1. The Bertz CT molecular complexity index is 654. The van der Waals surface area contributed by atoms with Crippen LogP contribution in [0.5, 0.6) is 0 Å². The van der Waals surface area contributed by atoms with Crippen molar-refractivity contribution in [3.05, 3.63) is 52.0 Å². The quantitative estimate of drug-likeness (QED) is 0.886. The van der Waals surface area contributed by atoms with Crippen molar-refractivity contribution in [2.24, 2.45) is 0 Å². The van der Waals surface area contributed by atoms with Crippen LogP contribution in [0.1, 0.15) is 10.4 Å². The number of halogens is 1. The molecular formula is C12H12FNO3S2. The molecule has 0 saturated heterocycles. The topological polar surface area (TPSA) is 66.4 Å². The summed E-state index contributed by atoms with van der Waals surface area (Å²) in [7, 11) is -3.71. The maximum absolute atomic E-state index is 13.2. The van der Waals surface area contributed by atoms with Gasteiger partial charge in [-0.05, 0) is 29.6 Å². The molecule has 0 aliphatic rings. The number of thiophene rings is 1. The van der Waals surface area contributed by atoms with Gasteiger partial charge in [-0.2, -0.15) is 0 Å². The molecule has 102 valence electrons. The molecule has 0 atom stereocenters. The fourth-order valence-corrected chi connectivity index (χ4v) is 3.29. The predicted octanol–water partition coefficient (Wildman–Crippen LogP) is 1.86. The van der Waals surface area contributed by atoms with Gasteiger partial charge in [-0.3, -0.25) is 0 Å². The third-order valence-corrected chi connectivity index (χ3v) is 4.79. The van der Waals surface area contributed by atoms with Crippen LogP contribution in [-0.4, -0.2) is 13.5 Å². The van der Waals surface area contributed by atoms with Gasteiger partial charge in [0.25, 0.3) is 0 Å². The van der Waals surface area contributed by atoms with E-state index in [0.29, 0.717) is 0 Å². The Morgan fingerprint density at radius 3 is 2.74 bits per heavy atom. The van der Waals surface area contributed by atoms with Crippen LogP contribution < -0.4 is 4.72 Å². The largest absolute Gasteiger partial charge is 0.392 e. The zero-order valence-electron chi connectivity index (χ0n) is 9.84. The van der Waals surface area contributed by atoms with Crippen molar-refractivity contribution < 1.29 is 17.9 Å². The van der Waals surface area contributed by atoms with Crippen LogP contribution >= 0.6 is 11.3 Å². The van der Waals surface area contributed by atoms with Gasteiger partial charge < -0.3 is 5.11 Å². The van der Waals surface area contributed by atoms with E-state index in [0.717, 1.165) is 17.0 Å². The van der Waals surface area contributed by atoms with Crippen molar-refractivity contribution in [3.63, 3.8) is 0 Å². The van der Waals surface area contributed by atoms with Crippen molar-refractivity contribution >= 4 is 21.4 Å². The molecule has 0 saturated carbocycles. The van der Waals surface area contributed by atoms with Crippen LogP contribution in [0.25, 0.3) is 0 Å². The fourth-order valence-electron chi connectivity index (χ4n) is 1.50. The molecule has 0 amide bonds. The summed E-state index contributed by atoms with van der Waals surface area (Å²) >= 11 is 1.44. The van der Waals surface area contributed by atoms with E-state index in [1.165, 1.54) is 17.4 Å². The van der Waals surface area contributed by atoms with Crippen molar-refractivity contribution in [1.29, 1.82) is 0 Å². The van der Waals surface area contributed by atoms with Gasteiger partial charge in [0.1, 0.15) is 5.82 Å². The first-order chi connectivity index (χ1) is 9.03. The molecule has 0 radical (unpaired) electrons. The zero-order chi connectivity index (χ0) is 13.9. The second kappa shape index (κ2) is 5.79. The summed E-state index contributed by atoms with van der Waals surface area (Å²) in [6.07, 6.45) is 0. The van der Waals surface area contributed by atoms with Gasteiger partial charge in [0, 0.05) is 17.0 Å². The number of nitrogens with one attached hydrogen (secondary N) is 1. The van der Waals surface area contributed by atoms with Crippen LogP contribution in [0.4, 0.5) is 4.39 Å². The lowest BCUT2D eigenvalue weighted by Crippen LogP contribution is -2.23. The number of sulfonamides is 1. The van der Waals surface area contributed by atoms with E-state index in [2.05, 4.69) is 4.72 Å². The summed E-state index contributed by atoms with van der Waals surface area (Å²) in [5.41, 5.74) is -0.0426. The molecule has 0 aliphatic carbocycles. The lowest BCUT2D eigenvalue weighted by Gasteiger charge is -2.07. The van der Waals surface area contributed by atoms with Crippen LogP contribution in [0.2, 0.25) is 0 Å². The molecule has 0 bridgehead atoms. The highest BCUT2D eigenvalue weighted by atomic mass is 32.2. The number of hydrogen-bond acceptors (Lipinski definition) is 4. The van der Waals surface area contributed by atoms with Crippen LogP contribution in [0.3, 0.4) is 0 Å². The Morgan fingerprint density at radius 2 is 2.11 bits per heavy atom. The highest BCUT2D eigenvalue weighted by Gasteiger charge is 2.16. The molecule has 4 nitrogen and oxygen atoms in total. The van der Waals surface area contributed by atoms with Gasteiger partial charge in [-0.15, -0.1) is 11.3 Å². The maximum atomic E-state index is 13.2. The zero-order valence-corrected chi connectivity index (χ0v) is 11.5. The molecule has 1 heterocycles. The highest BCUT2D eigenvalue weighted by Crippen LogP contribution is 2.16. The average molecular weight is 301 g/mol. The van der Waals surface area contributed by atoms with E-state index < -0.39 is 22.4 Å². The van der Waals surface area contributed by atoms with Gasteiger partial charge in [0.2, 0.25) is 10.0 Å². The molecule has 0 fully saturated rings. The van der Waals surface area contributed by atoms with Gasteiger partial charge in [0.05, 0.1) is 11.5 Å². The van der Waals surface area contributed by atoms with Gasteiger partial charge in [-0.25, -0.2) is 17.5 Å². The van der Waals surface area contributed by atoms with E-state index >= 15 is 0 Å². The fraction of sp³-hybridized carbons (Fsp3) is 0.167. The van der Waals surface area contributed by atoms with Crippen LogP contribution in [0.15, 0.2) is 40.6 Å². The normalized spacial score (nSPS) is 11.7. The van der Waals surface area contributed by atoms with Crippen molar-refractivity contribution in [2.45, 2.75) is 18.0 Å². The van der Waals surface area contributed by atoms with Crippen molar-refractivity contribution in [3.8, 4) is 0 Å². The van der Waals surface area contributed by atoms with E-state index in [1.807, 2.05) is 17.5 Å². The summed E-state index contributed by atoms with van der Waals surface area (Å²) in [6, 6.07) is 6.98. The average Bonchev–Trinajstić information content (AvgIpc) is 2.90. The predicted molar refractivity (Wildman–Crippen MR) is 70.7 cm³/mol. The second-order valence-corrected chi connectivity index (χ2v) is 6.61. The Labute approximate surface area is 114 Å². The molecule has 2 N–H and O–H groups in total. The Kier molecular flexibility index (Phi) is 4.31. The summed E-state index contributed by atoms with van der Waals surface area (Å²) in [6.45, 7) is -0.355. The van der Waals surface area contributed by atoms with E-state index in [-0.39, 0.29) is 17.0 Å². The molecule has 1 aromatic carbocycles. The molecule has 19 heavy (non-hydrogen) atoms. The first-order valence-electron chi connectivity index (χ1n) is 5.44. The molecule has 2 rings (SSSR count). The minimum Gasteiger partial charge on any atom is -0.392 e. The summed E-state index contributed by atoms with van der Waals surface area (Å²) in [4.78, 5) is 0.822. The van der Waals surface area contributed by atoms with E-state index in [1.54, 1.807) is 0 Å². The van der Waals surface area contributed by atoms with Crippen LogP contribution in [-0.2, 0) is 23.2 Å². The third kappa shape index (κ3) is 3.38. The SMILES string of the molecule is O=S(=O)(NCc1cccs1)c1ccc(F)c(CO)c1. The number of hydrogen-bond donors (Lipinski definition) is 2. The smallest absolute Gasteiger partial charge is 0.240 e. The summed E-state index contributed by atoms with van der Waals surface area (Å²) in [5, 5.41) is 10.8.